The third-order valence-electron chi connectivity index (χ3n) is 3.96. The van der Waals surface area contributed by atoms with Gasteiger partial charge in [-0.2, -0.15) is 0 Å². The standard InChI is InChI=1S/C15H21F2N3/c1-2-11-6-4-3-5-7-20(11)14-12(16)8-10(15(18)19)9-13(14)17/h8-9,11H,2-7H2,1H3,(H3,18,19). The van der Waals surface area contributed by atoms with Crippen LogP contribution in [0.5, 0.6) is 0 Å². The molecule has 2 rings (SSSR count). The zero-order valence-corrected chi connectivity index (χ0v) is 11.8. The van der Waals surface area contributed by atoms with Crippen molar-refractivity contribution in [1.82, 2.24) is 0 Å². The number of benzene rings is 1. The predicted octanol–water partition coefficient (Wildman–Crippen LogP) is 3.41. The van der Waals surface area contributed by atoms with E-state index in [1.54, 1.807) is 0 Å². The number of nitrogens with zero attached hydrogens (tertiary/aromatic N) is 1. The van der Waals surface area contributed by atoms with Crippen LogP contribution in [-0.4, -0.2) is 18.4 Å². The van der Waals surface area contributed by atoms with Gasteiger partial charge in [0.25, 0.3) is 0 Å². The van der Waals surface area contributed by atoms with Crippen LogP contribution in [0.1, 0.15) is 44.6 Å². The van der Waals surface area contributed by atoms with Crippen molar-refractivity contribution >= 4 is 11.5 Å². The summed E-state index contributed by atoms with van der Waals surface area (Å²) in [4.78, 5) is 1.85. The number of nitrogen functional groups attached to an aromatic ring is 1. The first-order chi connectivity index (χ1) is 9.54. The lowest BCUT2D eigenvalue weighted by Gasteiger charge is -2.32. The molecule has 1 fully saturated rings. The number of halogens is 2. The molecule has 0 saturated carbocycles. The summed E-state index contributed by atoms with van der Waals surface area (Å²) in [5.74, 6) is -1.58. The highest BCUT2D eigenvalue weighted by Crippen LogP contribution is 2.31. The van der Waals surface area contributed by atoms with Crippen LogP contribution in [0.2, 0.25) is 0 Å². The number of hydrogen-bond acceptors (Lipinski definition) is 2. The van der Waals surface area contributed by atoms with Crippen LogP contribution < -0.4 is 10.6 Å². The van der Waals surface area contributed by atoms with E-state index in [1.165, 1.54) is 0 Å². The Morgan fingerprint density at radius 3 is 2.50 bits per heavy atom. The molecule has 5 heteroatoms. The minimum absolute atomic E-state index is 0.0313. The molecule has 1 aliphatic rings. The van der Waals surface area contributed by atoms with E-state index < -0.39 is 11.6 Å². The predicted molar refractivity (Wildman–Crippen MR) is 77.3 cm³/mol. The third kappa shape index (κ3) is 2.92. The van der Waals surface area contributed by atoms with E-state index in [1.807, 2.05) is 11.8 Å². The summed E-state index contributed by atoms with van der Waals surface area (Å²) in [6.07, 6.45) is 4.98. The van der Waals surface area contributed by atoms with Gasteiger partial charge in [-0.1, -0.05) is 19.8 Å². The molecule has 0 radical (unpaired) electrons. The maximum Gasteiger partial charge on any atom is 0.150 e. The lowest BCUT2D eigenvalue weighted by molar-refractivity contribution is 0.517. The Morgan fingerprint density at radius 2 is 1.95 bits per heavy atom. The Morgan fingerprint density at radius 1 is 1.30 bits per heavy atom. The molecule has 0 spiro atoms. The minimum Gasteiger partial charge on any atom is -0.384 e. The minimum atomic E-state index is -0.629. The van der Waals surface area contributed by atoms with Gasteiger partial charge in [-0.25, -0.2) is 8.78 Å². The third-order valence-corrected chi connectivity index (χ3v) is 3.96. The van der Waals surface area contributed by atoms with E-state index in [-0.39, 0.29) is 23.1 Å². The Balaban J connectivity index is 2.42. The molecular formula is C15H21F2N3. The summed E-state index contributed by atoms with van der Waals surface area (Å²) in [6, 6.07) is 2.47. The van der Waals surface area contributed by atoms with E-state index in [2.05, 4.69) is 0 Å². The number of amidine groups is 1. The van der Waals surface area contributed by atoms with Gasteiger partial charge >= 0.3 is 0 Å². The molecule has 0 aliphatic carbocycles. The average molecular weight is 281 g/mol. The topological polar surface area (TPSA) is 53.1 Å². The molecule has 20 heavy (non-hydrogen) atoms. The maximum absolute atomic E-state index is 14.3. The average Bonchev–Trinajstić information content (AvgIpc) is 2.63. The van der Waals surface area contributed by atoms with E-state index in [0.29, 0.717) is 6.54 Å². The van der Waals surface area contributed by atoms with E-state index in [0.717, 1.165) is 44.2 Å². The first-order valence-corrected chi connectivity index (χ1v) is 7.14. The number of anilines is 1. The summed E-state index contributed by atoms with van der Waals surface area (Å²) in [5.41, 5.74) is 5.42. The van der Waals surface area contributed by atoms with Gasteiger partial charge in [0, 0.05) is 18.2 Å². The second-order valence-electron chi connectivity index (χ2n) is 5.31. The van der Waals surface area contributed by atoms with Crippen molar-refractivity contribution < 1.29 is 8.78 Å². The molecule has 0 amide bonds. The van der Waals surface area contributed by atoms with Crippen LogP contribution in [0.4, 0.5) is 14.5 Å². The monoisotopic (exact) mass is 281 g/mol. The van der Waals surface area contributed by atoms with Gasteiger partial charge in [0.2, 0.25) is 0 Å². The van der Waals surface area contributed by atoms with Crippen molar-refractivity contribution in [2.24, 2.45) is 5.73 Å². The van der Waals surface area contributed by atoms with E-state index in [4.69, 9.17) is 11.1 Å². The molecule has 3 N–H and O–H groups in total. The number of nitrogens with one attached hydrogen (secondary N) is 1. The molecule has 1 unspecified atom stereocenters. The molecular weight excluding hydrogens is 260 g/mol. The largest absolute Gasteiger partial charge is 0.384 e. The van der Waals surface area contributed by atoms with Crippen LogP contribution in [0.15, 0.2) is 12.1 Å². The Labute approximate surface area is 118 Å². The summed E-state index contributed by atoms with van der Waals surface area (Å²) in [6.45, 7) is 2.72. The lowest BCUT2D eigenvalue weighted by Crippen LogP contribution is -2.36. The molecule has 1 aromatic carbocycles. The van der Waals surface area contributed by atoms with Crippen LogP contribution >= 0.6 is 0 Å². The molecule has 1 aromatic rings. The number of nitrogens with two attached hydrogens (primary N) is 1. The SMILES string of the molecule is CCC1CCCCCN1c1c(F)cc(C(=N)N)cc1F. The molecule has 1 atom stereocenters. The summed E-state index contributed by atoms with van der Waals surface area (Å²) >= 11 is 0. The highest BCUT2D eigenvalue weighted by molar-refractivity contribution is 5.95. The highest BCUT2D eigenvalue weighted by atomic mass is 19.1. The first-order valence-electron chi connectivity index (χ1n) is 7.14. The first kappa shape index (κ1) is 14.8. The Bertz CT molecular complexity index is 479. The van der Waals surface area contributed by atoms with Gasteiger partial charge in [0.05, 0.1) is 0 Å². The molecule has 1 heterocycles. The summed E-state index contributed by atoms with van der Waals surface area (Å²) < 4.78 is 28.5. The smallest absolute Gasteiger partial charge is 0.150 e. The molecule has 0 bridgehead atoms. The van der Waals surface area contributed by atoms with Gasteiger partial charge in [0.15, 0.2) is 0 Å². The fraction of sp³-hybridized carbons (Fsp3) is 0.533. The molecule has 0 aromatic heterocycles. The number of hydrogen-bond donors (Lipinski definition) is 2. The lowest BCUT2D eigenvalue weighted by atomic mass is 10.1. The van der Waals surface area contributed by atoms with Crippen molar-refractivity contribution in [3.63, 3.8) is 0 Å². The second kappa shape index (κ2) is 6.20. The van der Waals surface area contributed by atoms with Gasteiger partial charge in [-0.05, 0) is 31.4 Å². The van der Waals surface area contributed by atoms with Crippen molar-refractivity contribution in [3.05, 3.63) is 29.3 Å². The van der Waals surface area contributed by atoms with Crippen molar-refractivity contribution in [3.8, 4) is 0 Å². The maximum atomic E-state index is 14.3. The zero-order valence-electron chi connectivity index (χ0n) is 11.8. The normalized spacial score (nSPS) is 19.8. The van der Waals surface area contributed by atoms with Gasteiger partial charge < -0.3 is 10.6 Å². The summed E-state index contributed by atoms with van der Waals surface area (Å²) in [7, 11) is 0. The quantitative estimate of drug-likeness (QED) is 0.659. The molecule has 1 saturated heterocycles. The van der Waals surface area contributed by atoms with Crippen molar-refractivity contribution in [2.75, 3.05) is 11.4 Å². The fourth-order valence-corrected chi connectivity index (χ4v) is 2.89. The molecule has 110 valence electrons. The summed E-state index contributed by atoms with van der Waals surface area (Å²) in [5, 5.41) is 7.29. The van der Waals surface area contributed by atoms with Gasteiger partial charge in [0.1, 0.15) is 23.2 Å². The Kier molecular flexibility index (Phi) is 4.57. The van der Waals surface area contributed by atoms with Crippen molar-refractivity contribution in [2.45, 2.75) is 45.1 Å². The fourth-order valence-electron chi connectivity index (χ4n) is 2.89. The van der Waals surface area contributed by atoms with Crippen LogP contribution in [0.3, 0.4) is 0 Å². The zero-order chi connectivity index (χ0) is 14.7. The van der Waals surface area contributed by atoms with Gasteiger partial charge in [-0.15, -0.1) is 0 Å². The van der Waals surface area contributed by atoms with Gasteiger partial charge in [-0.3, -0.25) is 5.41 Å². The second-order valence-corrected chi connectivity index (χ2v) is 5.31. The van der Waals surface area contributed by atoms with Crippen LogP contribution in [0, 0.1) is 17.0 Å². The Hall–Kier alpha value is -1.65. The highest BCUT2D eigenvalue weighted by Gasteiger charge is 2.25. The molecule has 1 aliphatic heterocycles. The van der Waals surface area contributed by atoms with E-state index >= 15 is 0 Å². The number of rotatable bonds is 3. The van der Waals surface area contributed by atoms with Crippen molar-refractivity contribution in [1.29, 1.82) is 5.41 Å². The van der Waals surface area contributed by atoms with E-state index in [9.17, 15) is 8.78 Å². The molecule has 3 nitrogen and oxygen atoms in total. The van der Waals surface area contributed by atoms with Crippen LogP contribution in [0.25, 0.3) is 0 Å². The van der Waals surface area contributed by atoms with Crippen LogP contribution in [-0.2, 0) is 0 Å².